The van der Waals surface area contributed by atoms with Crippen molar-refractivity contribution in [2.24, 2.45) is 0 Å². The molecule has 0 aliphatic rings. The second-order valence-electron chi connectivity index (χ2n) is 5.08. The second-order valence-corrected chi connectivity index (χ2v) is 8.73. The number of nitrogens with one attached hydrogen (secondary N) is 1. The number of hydrogen-bond acceptors (Lipinski definition) is 4. The predicted octanol–water partition coefficient (Wildman–Crippen LogP) is 4.68. The molecule has 5 nitrogen and oxygen atoms in total. The maximum atomic E-state index is 12.5. The summed E-state index contributed by atoms with van der Waals surface area (Å²) in [6.07, 6.45) is 0. The number of carboxylic acids is 1. The highest BCUT2D eigenvalue weighted by atomic mass is 79.9. The number of carboxylic acid groups (broad SMARTS) is 1. The van der Waals surface area contributed by atoms with E-state index in [1.807, 2.05) is 30.3 Å². The lowest BCUT2D eigenvalue weighted by atomic mass is 10.2. The fourth-order valence-electron chi connectivity index (χ4n) is 2.19. The third kappa shape index (κ3) is 3.92. The molecule has 0 radical (unpaired) electrons. The Balaban J connectivity index is 2.00. The molecular weight excluding hydrogens is 426 g/mol. The molecule has 25 heavy (non-hydrogen) atoms. The Morgan fingerprint density at radius 2 is 1.68 bits per heavy atom. The Labute approximate surface area is 157 Å². The predicted molar refractivity (Wildman–Crippen MR) is 102 cm³/mol. The summed E-state index contributed by atoms with van der Waals surface area (Å²) in [6, 6.07) is 16.8. The van der Waals surface area contributed by atoms with Gasteiger partial charge < -0.3 is 5.11 Å². The normalized spacial score (nSPS) is 11.2. The van der Waals surface area contributed by atoms with Crippen LogP contribution in [-0.2, 0) is 10.0 Å². The minimum Gasteiger partial charge on any atom is -0.477 e. The van der Waals surface area contributed by atoms with Crippen LogP contribution >= 0.6 is 27.3 Å². The van der Waals surface area contributed by atoms with E-state index in [0.717, 1.165) is 21.4 Å². The van der Waals surface area contributed by atoms with Crippen LogP contribution in [0, 0.1) is 0 Å². The Morgan fingerprint density at radius 1 is 1.04 bits per heavy atom. The first-order chi connectivity index (χ1) is 11.9. The van der Waals surface area contributed by atoms with E-state index in [2.05, 4.69) is 20.7 Å². The van der Waals surface area contributed by atoms with Gasteiger partial charge >= 0.3 is 5.97 Å². The van der Waals surface area contributed by atoms with E-state index < -0.39 is 16.0 Å². The average molecular weight is 438 g/mol. The molecule has 2 aromatic carbocycles. The van der Waals surface area contributed by atoms with Crippen LogP contribution in [0.25, 0.3) is 10.4 Å². The minimum absolute atomic E-state index is 0.0549. The first kappa shape index (κ1) is 17.7. The van der Waals surface area contributed by atoms with Gasteiger partial charge in [0.1, 0.15) is 4.88 Å². The summed E-state index contributed by atoms with van der Waals surface area (Å²) in [5.41, 5.74) is 0.878. The number of thiophene rings is 1. The zero-order chi connectivity index (χ0) is 18.0. The Kier molecular flexibility index (Phi) is 4.94. The molecule has 0 amide bonds. The van der Waals surface area contributed by atoms with E-state index >= 15 is 0 Å². The van der Waals surface area contributed by atoms with Gasteiger partial charge in [0.05, 0.1) is 10.6 Å². The third-order valence-electron chi connectivity index (χ3n) is 3.35. The van der Waals surface area contributed by atoms with Crippen molar-refractivity contribution >= 4 is 48.9 Å². The molecule has 3 aromatic rings. The molecule has 2 N–H and O–H groups in total. The van der Waals surface area contributed by atoms with Crippen LogP contribution in [0.2, 0.25) is 0 Å². The monoisotopic (exact) mass is 437 g/mol. The van der Waals surface area contributed by atoms with E-state index in [4.69, 9.17) is 0 Å². The Morgan fingerprint density at radius 3 is 2.28 bits per heavy atom. The van der Waals surface area contributed by atoms with Gasteiger partial charge in [-0.2, -0.15) is 0 Å². The molecule has 1 heterocycles. The van der Waals surface area contributed by atoms with E-state index in [0.29, 0.717) is 4.88 Å². The average Bonchev–Trinajstić information content (AvgIpc) is 2.99. The SMILES string of the molecule is O=C(O)c1sc(-c2ccccc2)cc1NS(=O)(=O)c1ccc(Br)cc1. The van der Waals surface area contributed by atoms with Crippen LogP contribution in [0.1, 0.15) is 9.67 Å². The summed E-state index contributed by atoms with van der Waals surface area (Å²) in [4.78, 5) is 12.2. The molecule has 0 aliphatic carbocycles. The molecule has 0 saturated carbocycles. The van der Waals surface area contributed by atoms with Crippen molar-refractivity contribution in [3.05, 3.63) is 70.0 Å². The summed E-state index contributed by atoms with van der Waals surface area (Å²) in [5.74, 6) is -1.18. The molecule has 0 spiro atoms. The van der Waals surface area contributed by atoms with Crippen molar-refractivity contribution in [3.8, 4) is 10.4 Å². The standard InChI is InChI=1S/C17H12BrNO4S2/c18-12-6-8-13(9-7-12)25(22,23)19-14-10-15(24-16(14)17(20)21)11-4-2-1-3-5-11/h1-10,19H,(H,20,21). The largest absolute Gasteiger partial charge is 0.477 e. The van der Waals surface area contributed by atoms with Gasteiger partial charge in [-0.05, 0) is 35.9 Å². The number of benzene rings is 2. The van der Waals surface area contributed by atoms with Crippen LogP contribution in [0.4, 0.5) is 5.69 Å². The number of rotatable bonds is 5. The molecule has 0 atom stereocenters. The highest BCUT2D eigenvalue weighted by Gasteiger charge is 2.22. The molecule has 0 fully saturated rings. The second kappa shape index (κ2) is 6.99. The molecule has 0 unspecified atom stereocenters. The molecular formula is C17H12BrNO4S2. The maximum absolute atomic E-state index is 12.5. The number of halogens is 1. The van der Waals surface area contributed by atoms with Crippen LogP contribution < -0.4 is 4.72 Å². The van der Waals surface area contributed by atoms with Crippen molar-refractivity contribution in [1.29, 1.82) is 0 Å². The zero-order valence-corrected chi connectivity index (χ0v) is 15.9. The number of sulfonamides is 1. The third-order valence-corrected chi connectivity index (χ3v) is 6.44. The molecule has 0 saturated heterocycles. The summed E-state index contributed by atoms with van der Waals surface area (Å²) in [7, 11) is -3.88. The van der Waals surface area contributed by atoms with Gasteiger partial charge in [-0.15, -0.1) is 11.3 Å². The van der Waals surface area contributed by atoms with E-state index in [1.165, 1.54) is 12.1 Å². The summed E-state index contributed by atoms with van der Waals surface area (Å²) < 4.78 is 28.2. The van der Waals surface area contributed by atoms with Gasteiger partial charge in [-0.25, -0.2) is 13.2 Å². The van der Waals surface area contributed by atoms with E-state index in [-0.39, 0.29) is 15.5 Å². The summed E-state index contributed by atoms with van der Waals surface area (Å²) in [6.45, 7) is 0. The highest BCUT2D eigenvalue weighted by molar-refractivity contribution is 9.10. The van der Waals surface area contributed by atoms with Crippen LogP contribution in [0.15, 0.2) is 70.0 Å². The van der Waals surface area contributed by atoms with E-state index in [1.54, 1.807) is 18.2 Å². The van der Waals surface area contributed by atoms with Gasteiger partial charge in [0.15, 0.2) is 0 Å². The Bertz CT molecular complexity index is 1010. The van der Waals surface area contributed by atoms with Crippen molar-refractivity contribution in [2.75, 3.05) is 4.72 Å². The lowest BCUT2D eigenvalue weighted by Crippen LogP contribution is -2.14. The number of hydrogen-bond donors (Lipinski definition) is 2. The first-order valence-corrected chi connectivity index (χ1v) is 10.2. The van der Waals surface area contributed by atoms with Gasteiger partial charge in [0.2, 0.25) is 0 Å². The molecule has 0 bridgehead atoms. The number of carbonyl (C=O) groups is 1. The van der Waals surface area contributed by atoms with Crippen LogP contribution in [0.3, 0.4) is 0 Å². The Hall–Kier alpha value is -2.16. The minimum atomic E-state index is -3.88. The van der Waals surface area contributed by atoms with Gasteiger partial charge in [0, 0.05) is 9.35 Å². The summed E-state index contributed by atoms with van der Waals surface area (Å²) in [5, 5.41) is 9.40. The fraction of sp³-hybridized carbons (Fsp3) is 0. The molecule has 3 rings (SSSR count). The summed E-state index contributed by atoms with van der Waals surface area (Å²) >= 11 is 4.27. The molecule has 1 aromatic heterocycles. The molecule has 128 valence electrons. The fourth-order valence-corrected chi connectivity index (χ4v) is 4.54. The molecule has 0 aliphatic heterocycles. The van der Waals surface area contributed by atoms with Crippen LogP contribution in [-0.4, -0.2) is 19.5 Å². The lowest BCUT2D eigenvalue weighted by Gasteiger charge is -2.07. The highest BCUT2D eigenvalue weighted by Crippen LogP contribution is 2.35. The number of aromatic carboxylic acids is 1. The quantitative estimate of drug-likeness (QED) is 0.606. The lowest BCUT2D eigenvalue weighted by molar-refractivity contribution is 0.0703. The molecule has 8 heteroatoms. The smallest absolute Gasteiger partial charge is 0.348 e. The van der Waals surface area contributed by atoms with Crippen molar-refractivity contribution in [2.45, 2.75) is 4.90 Å². The van der Waals surface area contributed by atoms with Gasteiger partial charge in [-0.1, -0.05) is 46.3 Å². The van der Waals surface area contributed by atoms with Gasteiger partial charge in [0.25, 0.3) is 10.0 Å². The first-order valence-electron chi connectivity index (χ1n) is 7.08. The van der Waals surface area contributed by atoms with Gasteiger partial charge in [-0.3, -0.25) is 4.72 Å². The zero-order valence-electron chi connectivity index (χ0n) is 12.6. The number of anilines is 1. The van der Waals surface area contributed by atoms with Crippen LogP contribution in [0.5, 0.6) is 0 Å². The van der Waals surface area contributed by atoms with Crippen molar-refractivity contribution in [3.63, 3.8) is 0 Å². The topological polar surface area (TPSA) is 83.5 Å². The van der Waals surface area contributed by atoms with Crippen molar-refractivity contribution in [1.82, 2.24) is 0 Å². The van der Waals surface area contributed by atoms with E-state index in [9.17, 15) is 18.3 Å². The maximum Gasteiger partial charge on any atom is 0.348 e. The van der Waals surface area contributed by atoms with Crippen molar-refractivity contribution < 1.29 is 18.3 Å².